The quantitative estimate of drug-likeness (QED) is 0.510. The predicted octanol–water partition coefficient (Wildman–Crippen LogP) is 4.00. The molecular weight excluding hydrogens is 464 g/mol. The van der Waals surface area contributed by atoms with E-state index in [0.717, 1.165) is 5.56 Å². The average Bonchev–Trinajstić information content (AvgIpc) is 3.53. The molecule has 186 valence electrons. The highest BCUT2D eigenvalue weighted by Crippen LogP contribution is 2.36. The zero-order valence-electron chi connectivity index (χ0n) is 20.0. The van der Waals surface area contributed by atoms with Crippen LogP contribution in [0.2, 0.25) is 0 Å². The average molecular weight is 491 g/mol. The molecule has 0 aromatic heterocycles. The fraction of sp³-hybridized carbons (Fsp3) is 0.259. The van der Waals surface area contributed by atoms with Crippen LogP contribution in [-0.4, -0.2) is 39.4 Å². The van der Waals surface area contributed by atoms with E-state index in [1.807, 2.05) is 36.4 Å². The van der Waals surface area contributed by atoms with Crippen LogP contribution >= 0.6 is 0 Å². The number of ether oxygens (including phenoxy) is 5. The van der Waals surface area contributed by atoms with Gasteiger partial charge in [-0.2, -0.15) is 0 Å². The second-order valence-corrected chi connectivity index (χ2v) is 8.44. The van der Waals surface area contributed by atoms with Crippen LogP contribution in [0, 0.1) is 5.92 Å². The summed E-state index contributed by atoms with van der Waals surface area (Å²) in [6.07, 6.45) is 0.132. The lowest BCUT2D eigenvalue weighted by atomic mass is 10.1. The minimum absolute atomic E-state index is 0.117. The number of hydrogen-bond acceptors (Lipinski definition) is 7. The monoisotopic (exact) mass is 490 g/mol. The third kappa shape index (κ3) is 4.86. The maximum atomic E-state index is 13.0. The van der Waals surface area contributed by atoms with Crippen LogP contribution in [0.5, 0.6) is 28.7 Å². The number of nitrogens with zero attached hydrogens (tertiary/aromatic N) is 1. The van der Waals surface area contributed by atoms with Gasteiger partial charge in [0.15, 0.2) is 23.0 Å². The van der Waals surface area contributed by atoms with Gasteiger partial charge >= 0.3 is 0 Å². The molecule has 0 bridgehead atoms. The molecular formula is C27H26N2O7. The molecule has 9 nitrogen and oxygen atoms in total. The smallest absolute Gasteiger partial charge is 0.231 e. The molecule has 0 saturated carbocycles. The number of fused-ring (bicyclic) bond motifs is 1. The fourth-order valence-corrected chi connectivity index (χ4v) is 4.24. The topological polar surface area (TPSA) is 95.6 Å². The van der Waals surface area contributed by atoms with Crippen molar-refractivity contribution < 1.29 is 33.3 Å². The van der Waals surface area contributed by atoms with Gasteiger partial charge < -0.3 is 33.9 Å². The lowest BCUT2D eigenvalue weighted by Gasteiger charge is -2.18. The molecule has 3 aromatic carbocycles. The van der Waals surface area contributed by atoms with Crippen LogP contribution in [0.4, 0.5) is 11.4 Å². The zero-order chi connectivity index (χ0) is 25.1. The van der Waals surface area contributed by atoms with Crippen LogP contribution in [0.1, 0.15) is 12.0 Å². The Kier molecular flexibility index (Phi) is 6.53. The maximum absolute atomic E-state index is 13.0. The Hall–Kier alpha value is -4.40. The molecule has 9 heteroatoms. The van der Waals surface area contributed by atoms with Crippen molar-refractivity contribution in [1.29, 1.82) is 0 Å². The fourth-order valence-electron chi connectivity index (χ4n) is 4.24. The Bertz CT molecular complexity index is 1290. The van der Waals surface area contributed by atoms with Crippen molar-refractivity contribution in [3.63, 3.8) is 0 Å². The van der Waals surface area contributed by atoms with E-state index in [-0.39, 0.29) is 31.6 Å². The summed E-state index contributed by atoms with van der Waals surface area (Å²) in [6.45, 7) is 0.810. The highest BCUT2D eigenvalue weighted by molar-refractivity contribution is 6.03. The molecule has 5 rings (SSSR count). The van der Waals surface area contributed by atoms with Gasteiger partial charge in [0.25, 0.3) is 0 Å². The summed E-state index contributed by atoms with van der Waals surface area (Å²) in [5.74, 6) is 2.31. The first-order valence-corrected chi connectivity index (χ1v) is 11.5. The van der Waals surface area contributed by atoms with E-state index in [1.165, 1.54) is 7.11 Å². The van der Waals surface area contributed by atoms with Crippen molar-refractivity contribution in [3.05, 3.63) is 66.2 Å². The van der Waals surface area contributed by atoms with Gasteiger partial charge in [-0.15, -0.1) is 0 Å². The molecule has 2 amide bonds. The number of carbonyl (C=O) groups excluding carboxylic acids is 2. The Morgan fingerprint density at radius 3 is 2.67 bits per heavy atom. The molecule has 2 aliphatic rings. The summed E-state index contributed by atoms with van der Waals surface area (Å²) in [6, 6.07) is 18.1. The summed E-state index contributed by atoms with van der Waals surface area (Å²) in [5, 5.41) is 2.94. The second-order valence-electron chi connectivity index (χ2n) is 8.44. The Morgan fingerprint density at radius 1 is 1.00 bits per heavy atom. The van der Waals surface area contributed by atoms with Gasteiger partial charge in [0.2, 0.25) is 18.6 Å². The molecule has 0 radical (unpaired) electrons. The molecule has 36 heavy (non-hydrogen) atoms. The summed E-state index contributed by atoms with van der Waals surface area (Å²) in [4.78, 5) is 27.2. The van der Waals surface area contributed by atoms with E-state index in [0.29, 0.717) is 46.7 Å². The summed E-state index contributed by atoms with van der Waals surface area (Å²) < 4.78 is 27.2. The van der Waals surface area contributed by atoms with E-state index in [9.17, 15) is 9.59 Å². The minimum Gasteiger partial charge on any atom is -0.493 e. The van der Waals surface area contributed by atoms with Gasteiger partial charge in [-0.1, -0.05) is 12.1 Å². The lowest BCUT2D eigenvalue weighted by Crippen LogP contribution is -2.28. The first-order valence-electron chi connectivity index (χ1n) is 11.5. The lowest BCUT2D eigenvalue weighted by molar-refractivity contribution is -0.122. The molecule has 0 aliphatic carbocycles. The van der Waals surface area contributed by atoms with Crippen LogP contribution in [0.3, 0.4) is 0 Å². The van der Waals surface area contributed by atoms with Crippen LogP contribution < -0.4 is 33.9 Å². The van der Waals surface area contributed by atoms with Gasteiger partial charge in [0.1, 0.15) is 12.4 Å². The van der Waals surface area contributed by atoms with E-state index >= 15 is 0 Å². The number of carbonyl (C=O) groups is 2. The summed E-state index contributed by atoms with van der Waals surface area (Å²) in [5.41, 5.74) is 2.19. The SMILES string of the molecule is COc1ccc(N2CC(C(=O)Nc3cccc(COc4ccc5c(c4)OCO5)c3)CC2=O)cc1OC. The van der Waals surface area contributed by atoms with Crippen LogP contribution in [0.15, 0.2) is 60.7 Å². The normalized spacial score (nSPS) is 16.1. The molecule has 1 unspecified atom stereocenters. The van der Waals surface area contributed by atoms with Gasteiger partial charge in [-0.25, -0.2) is 0 Å². The molecule has 0 spiro atoms. The van der Waals surface area contributed by atoms with Crippen LogP contribution in [-0.2, 0) is 16.2 Å². The molecule has 3 aromatic rings. The first-order chi connectivity index (χ1) is 17.5. The number of nitrogens with one attached hydrogen (secondary N) is 1. The molecule has 2 aliphatic heterocycles. The third-order valence-corrected chi connectivity index (χ3v) is 6.12. The number of methoxy groups -OCH3 is 2. The number of rotatable bonds is 8. The summed E-state index contributed by atoms with van der Waals surface area (Å²) >= 11 is 0. The van der Waals surface area contributed by atoms with Crippen LogP contribution in [0.25, 0.3) is 0 Å². The molecule has 1 atom stereocenters. The van der Waals surface area contributed by atoms with E-state index in [2.05, 4.69) is 5.32 Å². The second kappa shape index (κ2) is 10.1. The zero-order valence-corrected chi connectivity index (χ0v) is 20.0. The van der Waals surface area contributed by atoms with Gasteiger partial charge in [-0.3, -0.25) is 9.59 Å². The van der Waals surface area contributed by atoms with Crippen molar-refractivity contribution in [1.82, 2.24) is 0 Å². The van der Waals surface area contributed by atoms with Crippen molar-refractivity contribution in [3.8, 4) is 28.7 Å². The van der Waals surface area contributed by atoms with E-state index in [4.69, 9.17) is 23.7 Å². The molecule has 1 N–H and O–H groups in total. The van der Waals surface area contributed by atoms with Crippen molar-refractivity contribution in [2.75, 3.05) is 37.8 Å². The molecule has 1 fully saturated rings. The van der Waals surface area contributed by atoms with Crippen molar-refractivity contribution in [2.45, 2.75) is 13.0 Å². The first kappa shape index (κ1) is 23.3. The van der Waals surface area contributed by atoms with Crippen molar-refractivity contribution >= 4 is 23.2 Å². The standard InChI is InChI=1S/C27H26N2O7/c1-32-22-8-6-20(12-24(22)33-2)29-14-18(11-26(29)30)27(31)28-19-5-3-4-17(10-19)15-34-21-7-9-23-25(13-21)36-16-35-23/h3-10,12-13,18H,11,14-16H2,1-2H3,(H,28,31). The van der Waals surface area contributed by atoms with Crippen molar-refractivity contribution in [2.24, 2.45) is 5.92 Å². The number of amides is 2. The summed E-state index contributed by atoms with van der Waals surface area (Å²) in [7, 11) is 3.09. The Labute approximate surface area is 208 Å². The highest BCUT2D eigenvalue weighted by atomic mass is 16.7. The predicted molar refractivity (Wildman–Crippen MR) is 132 cm³/mol. The third-order valence-electron chi connectivity index (χ3n) is 6.12. The largest absolute Gasteiger partial charge is 0.493 e. The van der Waals surface area contributed by atoms with E-state index < -0.39 is 5.92 Å². The highest BCUT2D eigenvalue weighted by Gasteiger charge is 2.35. The number of anilines is 2. The van der Waals surface area contributed by atoms with E-state index in [1.54, 1.807) is 36.3 Å². The maximum Gasteiger partial charge on any atom is 0.231 e. The Morgan fingerprint density at radius 2 is 1.83 bits per heavy atom. The van der Waals surface area contributed by atoms with Gasteiger partial charge in [0, 0.05) is 36.5 Å². The molecule has 2 heterocycles. The molecule has 1 saturated heterocycles. The number of hydrogen-bond donors (Lipinski definition) is 1. The minimum atomic E-state index is -0.473. The van der Waals surface area contributed by atoms with Gasteiger partial charge in [0.05, 0.1) is 20.1 Å². The van der Waals surface area contributed by atoms with Gasteiger partial charge in [-0.05, 0) is 42.0 Å². The number of benzene rings is 3. The Balaban J connectivity index is 1.20.